The molecule has 12 nitrogen and oxygen atoms in total. The summed E-state index contributed by atoms with van der Waals surface area (Å²) in [4.78, 5) is 41.3. The van der Waals surface area contributed by atoms with Crippen LogP contribution in [0.3, 0.4) is 0 Å². The lowest BCUT2D eigenvalue weighted by Gasteiger charge is -2.14. The van der Waals surface area contributed by atoms with Crippen LogP contribution in [0.1, 0.15) is 41.7 Å². The number of carbonyl (C=O) groups is 2. The average molecular weight is 660 g/mol. The second kappa shape index (κ2) is 15.1. The molecule has 0 aliphatic carbocycles. The standard InChI is InChI=1S/C34H31F2N5O7/c1-20-19-41(26-9-6-5-8-23(26)35)39-32(33(20)43)34(44)38-21-11-12-28(24(36)16-21)48-27-13-14-37-25-18-30(29(46-2)17-22(25)27)47-15-7-3-4-10-31(42)40-45/h5-6,8-9,11-14,16-19,45H,3-4,7,10,15H2,1-2H3,(H,38,44)(H,40,42). The van der Waals surface area contributed by atoms with E-state index in [-0.39, 0.29) is 34.9 Å². The number of nitrogens with one attached hydrogen (secondary N) is 2. The Morgan fingerprint density at radius 2 is 1.75 bits per heavy atom. The number of amides is 2. The molecule has 5 rings (SSSR count). The first-order valence-corrected chi connectivity index (χ1v) is 14.8. The van der Waals surface area contributed by atoms with E-state index in [0.717, 1.165) is 10.7 Å². The third kappa shape index (κ3) is 7.73. The van der Waals surface area contributed by atoms with E-state index in [2.05, 4.69) is 15.4 Å². The van der Waals surface area contributed by atoms with Crippen molar-refractivity contribution >= 4 is 28.4 Å². The molecule has 3 aromatic carbocycles. The van der Waals surface area contributed by atoms with E-state index in [1.54, 1.807) is 29.7 Å². The van der Waals surface area contributed by atoms with Crippen molar-refractivity contribution in [1.29, 1.82) is 0 Å². The van der Waals surface area contributed by atoms with Crippen molar-refractivity contribution in [2.75, 3.05) is 19.0 Å². The van der Waals surface area contributed by atoms with Gasteiger partial charge in [-0.15, -0.1) is 0 Å². The Kier molecular flexibility index (Phi) is 10.6. The summed E-state index contributed by atoms with van der Waals surface area (Å²) in [6.07, 6.45) is 5.01. The molecule has 0 unspecified atom stereocenters. The highest BCUT2D eigenvalue weighted by atomic mass is 19.1. The summed E-state index contributed by atoms with van der Waals surface area (Å²) in [7, 11) is 1.48. The molecular weight excluding hydrogens is 628 g/mol. The van der Waals surface area contributed by atoms with Crippen LogP contribution in [0.2, 0.25) is 0 Å². The Bertz CT molecular complexity index is 2040. The smallest absolute Gasteiger partial charge is 0.280 e. The molecule has 248 valence electrons. The molecule has 0 bridgehead atoms. The quantitative estimate of drug-likeness (QED) is 0.0801. The summed E-state index contributed by atoms with van der Waals surface area (Å²) in [5.41, 5.74) is 1.19. The SMILES string of the molecule is COc1cc2c(Oc3ccc(NC(=O)c4nn(-c5ccccc5F)cc(C)c4=O)cc3F)ccnc2cc1OCCCCCC(=O)NO. The number of rotatable bonds is 13. The first-order valence-electron chi connectivity index (χ1n) is 14.8. The summed E-state index contributed by atoms with van der Waals surface area (Å²) in [6, 6.07) is 14.4. The van der Waals surface area contributed by atoms with Gasteiger partial charge in [0.2, 0.25) is 11.3 Å². The number of benzene rings is 3. The number of hydrogen-bond donors (Lipinski definition) is 3. The minimum Gasteiger partial charge on any atom is -0.493 e. The third-order valence-electron chi connectivity index (χ3n) is 7.24. The van der Waals surface area contributed by atoms with Crippen molar-refractivity contribution in [3.8, 4) is 28.7 Å². The Balaban J connectivity index is 1.30. The van der Waals surface area contributed by atoms with Crippen molar-refractivity contribution in [3.63, 3.8) is 0 Å². The van der Waals surface area contributed by atoms with Gasteiger partial charge in [0.15, 0.2) is 28.8 Å². The van der Waals surface area contributed by atoms with Crippen molar-refractivity contribution < 1.29 is 37.8 Å². The van der Waals surface area contributed by atoms with Crippen LogP contribution in [0.5, 0.6) is 23.0 Å². The number of hydrogen-bond acceptors (Lipinski definition) is 9. The van der Waals surface area contributed by atoms with Gasteiger partial charge in [0.25, 0.3) is 5.91 Å². The summed E-state index contributed by atoms with van der Waals surface area (Å²) in [5.74, 6) is -1.77. The van der Waals surface area contributed by atoms with Gasteiger partial charge in [-0.2, -0.15) is 5.10 Å². The van der Waals surface area contributed by atoms with E-state index in [9.17, 15) is 18.8 Å². The largest absolute Gasteiger partial charge is 0.493 e. The number of aromatic nitrogens is 3. The molecule has 2 aromatic heterocycles. The zero-order valence-electron chi connectivity index (χ0n) is 26.0. The van der Waals surface area contributed by atoms with Crippen LogP contribution in [0.4, 0.5) is 14.5 Å². The van der Waals surface area contributed by atoms with Gasteiger partial charge >= 0.3 is 0 Å². The molecule has 0 aliphatic rings. The predicted octanol–water partition coefficient (Wildman–Crippen LogP) is 5.87. The topological polar surface area (TPSA) is 154 Å². The number of pyridine rings is 1. The number of anilines is 1. The summed E-state index contributed by atoms with van der Waals surface area (Å²) >= 11 is 0. The van der Waals surface area contributed by atoms with Crippen molar-refractivity contribution in [2.45, 2.75) is 32.6 Å². The monoisotopic (exact) mass is 659 g/mol. The fourth-order valence-corrected chi connectivity index (χ4v) is 4.78. The molecule has 3 N–H and O–H groups in total. The minimum atomic E-state index is -0.902. The Hall–Kier alpha value is -5.89. The number of fused-ring (bicyclic) bond motifs is 1. The lowest BCUT2D eigenvalue weighted by Crippen LogP contribution is -2.27. The molecule has 2 heterocycles. The molecule has 0 saturated heterocycles. The van der Waals surface area contributed by atoms with Crippen LogP contribution in [0.25, 0.3) is 16.6 Å². The predicted molar refractivity (Wildman–Crippen MR) is 171 cm³/mol. The van der Waals surface area contributed by atoms with Crippen molar-refractivity contribution in [2.24, 2.45) is 0 Å². The average Bonchev–Trinajstić information content (AvgIpc) is 3.08. The molecule has 0 spiro atoms. The third-order valence-corrected chi connectivity index (χ3v) is 7.24. The van der Waals surface area contributed by atoms with E-state index in [4.69, 9.17) is 19.4 Å². The van der Waals surface area contributed by atoms with E-state index in [1.165, 1.54) is 56.8 Å². The zero-order valence-corrected chi connectivity index (χ0v) is 26.0. The molecular formula is C34H31F2N5O7. The Morgan fingerprint density at radius 1 is 0.938 bits per heavy atom. The number of halogens is 2. The van der Waals surface area contributed by atoms with Crippen LogP contribution < -0.4 is 30.4 Å². The first-order chi connectivity index (χ1) is 23.2. The van der Waals surface area contributed by atoms with E-state index < -0.39 is 34.6 Å². The van der Waals surface area contributed by atoms with E-state index in [1.807, 2.05) is 0 Å². The number of carbonyl (C=O) groups excluding carboxylic acids is 2. The van der Waals surface area contributed by atoms with E-state index in [0.29, 0.717) is 48.3 Å². The zero-order chi connectivity index (χ0) is 34.2. The van der Waals surface area contributed by atoms with E-state index >= 15 is 4.39 Å². The van der Waals surface area contributed by atoms with Crippen LogP contribution in [-0.2, 0) is 4.79 Å². The van der Waals surface area contributed by atoms with Crippen LogP contribution in [0, 0.1) is 18.6 Å². The summed E-state index contributed by atoms with van der Waals surface area (Å²) in [5, 5.41) is 15.6. The number of unbranched alkanes of at least 4 members (excludes halogenated alkanes) is 2. The maximum atomic E-state index is 15.3. The molecule has 0 radical (unpaired) electrons. The van der Waals surface area contributed by atoms with Crippen LogP contribution >= 0.6 is 0 Å². The number of nitrogens with zero attached hydrogens (tertiary/aromatic N) is 3. The molecule has 48 heavy (non-hydrogen) atoms. The van der Waals surface area contributed by atoms with Gasteiger partial charge in [-0.3, -0.25) is 24.6 Å². The van der Waals surface area contributed by atoms with Gasteiger partial charge in [0.05, 0.1) is 19.2 Å². The fraction of sp³-hybridized carbons (Fsp3) is 0.206. The van der Waals surface area contributed by atoms with Gasteiger partial charge in [-0.1, -0.05) is 12.1 Å². The van der Waals surface area contributed by atoms with Gasteiger partial charge in [0.1, 0.15) is 17.3 Å². The minimum absolute atomic E-state index is 0.0321. The van der Waals surface area contributed by atoms with Gasteiger partial charge in [0, 0.05) is 47.6 Å². The second-order valence-corrected chi connectivity index (χ2v) is 10.6. The number of methoxy groups -OCH3 is 1. The molecule has 5 aromatic rings. The molecule has 14 heteroatoms. The maximum absolute atomic E-state index is 15.3. The Labute approximate surface area is 272 Å². The second-order valence-electron chi connectivity index (χ2n) is 10.6. The van der Waals surface area contributed by atoms with Crippen molar-refractivity contribution in [3.05, 3.63) is 106 Å². The lowest BCUT2D eigenvalue weighted by molar-refractivity contribution is -0.129. The molecule has 0 atom stereocenters. The number of ether oxygens (including phenoxy) is 3. The van der Waals surface area contributed by atoms with Gasteiger partial charge in [-0.05, 0) is 62.6 Å². The van der Waals surface area contributed by atoms with Crippen LogP contribution in [0.15, 0.2) is 77.9 Å². The highest BCUT2D eigenvalue weighted by Crippen LogP contribution is 2.38. The van der Waals surface area contributed by atoms with Crippen molar-refractivity contribution in [1.82, 2.24) is 20.2 Å². The summed E-state index contributed by atoms with van der Waals surface area (Å²) in [6.45, 7) is 1.83. The van der Waals surface area contributed by atoms with Gasteiger partial charge < -0.3 is 19.5 Å². The normalized spacial score (nSPS) is 10.9. The lowest BCUT2D eigenvalue weighted by atomic mass is 10.1. The van der Waals surface area contributed by atoms with Crippen LogP contribution in [-0.4, -0.2) is 45.5 Å². The first kappa shape index (κ1) is 33.5. The molecule has 0 fully saturated rings. The highest BCUT2D eigenvalue weighted by Gasteiger charge is 2.19. The summed E-state index contributed by atoms with van der Waals surface area (Å²) < 4.78 is 48.0. The molecule has 0 saturated carbocycles. The molecule has 2 amide bonds. The maximum Gasteiger partial charge on any atom is 0.280 e. The fourth-order valence-electron chi connectivity index (χ4n) is 4.78. The number of hydroxylamine groups is 1. The highest BCUT2D eigenvalue weighted by molar-refractivity contribution is 6.02. The Morgan fingerprint density at radius 3 is 2.50 bits per heavy atom. The van der Waals surface area contributed by atoms with Gasteiger partial charge in [-0.25, -0.2) is 18.9 Å². The molecule has 0 aliphatic heterocycles. The number of para-hydroxylation sites is 1. The number of aryl methyl sites for hydroxylation is 1.